The van der Waals surface area contributed by atoms with Gasteiger partial charge in [-0.15, -0.1) is 0 Å². The largest absolute Gasteiger partial charge is 0.394 e. The van der Waals surface area contributed by atoms with Gasteiger partial charge in [0.2, 0.25) is 0 Å². The Hall–Kier alpha value is -2.77. The van der Waals surface area contributed by atoms with Gasteiger partial charge in [0.05, 0.1) is 17.6 Å². The second-order valence-electron chi connectivity index (χ2n) is 6.40. The molecule has 0 bridgehead atoms. The predicted octanol–water partition coefficient (Wildman–Crippen LogP) is 3.36. The summed E-state index contributed by atoms with van der Waals surface area (Å²) in [5.41, 5.74) is 1.64. The molecule has 1 unspecified atom stereocenters. The van der Waals surface area contributed by atoms with Gasteiger partial charge in [-0.05, 0) is 36.6 Å². The van der Waals surface area contributed by atoms with Crippen LogP contribution in [0.15, 0.2) is 48.5 Å². The fraction of sp³-hybridized carbons (Fsp3) is 0.350. The molecule has 0 aliphatic carbocycles. The van der Waals surface area contributed by atoms with Gasteiger partial charge in [-0.3, -0.25) is 14.9 Å². The first kappa shape index (κ1) is 20.5. The van der Waals surface area contributed by atoms with Gasteiger partial charge in [0.25, 0.3) is 5.69 Å². The monoisotopic (exact) mass is 372 g/mol. The van der Waals surface area contributed by atoms with Crippen LogP contribution in [-0.4, -0.2) is 33.6 Å². The molecule has 2 rings (SSSR count). The highest BCUT2D eigenvalue weighted by Gasteiger charge is 2.16. The second-order valence-corrected chi connectivity index (χ2v) is 6.40. The Morgan fingerprint density at radius 1 is 1.15 bits per heavy atom. The van der Waals surface area contributed by atoms with Gasteiger partial charge in [-0.25, -0.2) is 0 Å². The van der Waals surface area contributed by atoms with E-state index in [1.165, 1.54) is 6.07 Å². The fourth-order valence-corrected chi connectivity index (χ4v) is 2.73. The van der Waals surface area contributed by atoms with Crippen LogP contribution in [0.5, 0.6) is 0 Å². The van der Waals surface area contributed by atoms with Gasteiger partial charge in [-0.2, -0.15) is 0 Å². The summed E-state index contributed by atoms with van der Waals surface area (Å²) < 4.78 is 0. The molecule has 0 heterocycles. The molecule has 27 heavy (non-hydrogen) atoms. The molecule has 7 heteroatoms. The van der Waals surface area contributed by atoms with Crippen molar-refractivity contribution in [2.75, 3.05) is 11.9 Å². The fourth-order valence-electron chi connectivity index (χ4n) is 2.73. The number of ketones is 1. The maximum atomic E-state index is 12.1. The lowest BCUT2D eigenvalue weighted by Crippen LogP contribution is -2.11. The standard InChI is InChI=1S/C20H24N2O5/c23-14-18(25)9-5-4-8-17(24)12-15-10-11-19(20(13-15)22(26)27)21-16-6-2-1-3-7-16/h1-3,6-7,10-11,13,18,21,23,25H,4-5,8-9,12,14H2. The number of para-hydroxylation sites is 1. The summed E-state index contributed by atoms with van der Waals surface area (Å²) in [6.45, 7) is -0.277. The number of nitrogens with one attached hydrogen (secondary N) is 1. The number of unbranched alkanes of at least 4 members (excludes halogenated alkanes) is 1. The van der Waals surface area contributed by atoms with Gasteiger partial charge in [0.15, 0.2) is 0 Å². The average Bonchev–Trinajstić information content (AvgIpc) is 2.67. The molecule has 0 aromatic heterocycles. The van der Waals surface area contributed by atoms with Crippen LogP contribution >= 0.6 is 0 Å². The molecule has 0 aliphatic heterocycles. The summed E-state index contributed by atoms with van der Waals surface area (Å²) in [5.74, 6) is -0.00782. The molecule has 0 amide bonds. The zero-order chi connectivity index (χ0) is 19.6. The second kappa shape index (κ2) is 10.4. The van der Waals surface area contributed by atoms with E-state index in [1.807, 2.05) is 30.3 Å². The number of aliphatic hydroxyl groups is 2. The number of nitrogens with zero attached hydrogens (tertiary/aromatic N) is 1. The maximum absolute atomic E-state index is 12.1. The summed E-state index contributed by atoms with van der Waals surface area (Å²) in [6, 6.07) is 13.9. The number of nitro benzene ring substituents is 1. The SMILES string of the molecule is O=C(CCCCC(O)CO)Cc1ccc(Nc2ccccc2)c([N+](=O)[O-])c1. The van der Waals surface area contributed by atoms with E-state index in [2.05, 4.69) is 5.32 Å². The third-order valence-electron chi connectivity index (χ3n) is 4.17. The molecule has 7 nitrogen and oxygen atoms in total. The van der Waals surface area contributed by atoms with Crippen molar-refractivity contribution in [3.05, 3.63) is 64.2 Å². The summed E-state index contributed by atoms with van der Waals surface area (Å²) in [7, 11) is 0. The van der Waals surface area contributed by atoms with Crippen LogP contribution in [0.1, 0.15) is 31.2 Å². The Morgan fingerprint density at radius 3 is 2.56 bits per heavy atom. The zero-order valence-corrected chi connectivity index (χ0v) is 15.0. The first-order chi connectivity index (χ1) is 13.0. The highest BCUT2D eigenvalue weighted by Crippen LogP contribution is 2.29. The number of Topliss-reactive ketones (excluding diaryl/α,β-unsaturated/α-hetero) is 1. The van der Waals surface area contributed by atoms with E-state index >= 15 is 0 Å². The van der Waals surface area contributed by atoms with E-state index in [0.717, 1.165) is 5.69 Å². The van der Waals surface area contributed by atoms with Gasteiger partial charge in [0.1, 0.15) is 11.5 Å². The van der Waals surface area contributed by atoms with Crippen molar-refractivity contribution in [2.45, 2.75) is 38.2 Å². The number of hydrogen-bond donors (Lipinski definition) is 3. The number of hydrogen-bond acceptors (Lipinski definition) is 6. The summed E-state index contributed by atoms with van der Waals surface area (Å²) in [4.78, 5) is 23.0. The molecule has 0 radical (unpaired) electrons. The molecule has 144 valence electrons. The molecule has 0 fully saturated rings. The highest BCUT2D eigenvalue weighted by molar-refractivity contribution is 5.81. The van der Waals surface area contributed by atoms with Gasteiger partial charge >= 0.3 is 0 Å². The van der Waals surface area contributed by atoms with Crippen LogP contribution in [0.3, 0.4) is 0 Å². The van der Waals surface area contributed by atoms with Crippen LogP contribution in [-0.2, 0) is 11.2 Å². The summed E-state index contributed by atoms with van der Waals surface area (Å²) in [5, 5.41) is 32.4. The van der Waals surface area contributed by atoms with Crippen molar-refractivity contribution in [2.24, 2.45) is 0 Å². The van der Waals surface area contributed by atoms with Crippen LogP contribution in [0.4, 0.5) is 17.1 Å². The normalized spacial score (nSPS) is 11.8. The van der Waals surface area contributed by atoms with Crippen LogP contribution < -0.4 is 5.32 Å². The first-order valence-electron chi connectivity index (χ1n) is 8.89. The van der Waals surface area contributed by atoms with Crippen molar-refractivity contribution in [3.8, 4) is 0 Å². The number of carbonyl (C=O) groups excluding carboxylic acids is 1. The van der Waals surface area contributed by atoms with Crippen molar-refractivity contribution in [1.29, 1.82) is 0 Å². The molecular weight excluding hydrogens is 348 g/mol. The van der Waals surface area contributed by atoms with Crippen LogP contribution in [0, 0.1) is 10.1 Å². The molecule has 0 saturated heterocycles. The molecule has 2 aromatic carbocycles. The average molecular weight is 372 g/mol. The van der Waals surface area contributed by atoms with Crippen molar-refractivity contribution in [3.63, 3.8) is 0 Å². The molecule has 0 saturated carbocycles. The zero-order valence-electron chi connectivity index (χ0n) is 15.0. The minimum absolute atomic E-state index is 0.00782. The summed E-state index contributed by atoms with van der Waals surface area (Å²) in [6.07, 6.45) is 1.45. The Bertz CT molecular complexity index is 764. The van der Waals surface area contributed by atoms with Gasteiger partial charge in [0, 0.05) is 24.6 Å². The van der Waals surface area contributed by atoms with E-state index in [1.54, 1.807) is 12.1 Å². The van der Waals surface area contributed by atoms with E-state index in [0.29, 0.717) is 36.9 Å². The number of carbonyl (C=O) groups is 1. The molecule has 0 aliphatic rings. The van der Waals surface area contributed by atoms with E-state index in [9.17, 15) is 20.0 Å². The quantitative estimate of drug-likeness (QED) is 0.317. The van der Waals surface area contributed by atoms with Crippen molar-refractivity contribution in [1.82, 2.24) is 0 Å². The Balaban J connectivity index is 1.96. The number of rotatable bonds is 11. The molecule has 3 N–H and O–H groups in total. The minimum Gasteiger partial charge on any atom is -0.394 e. The number of nitro groups is 1. The highest BCUT2D eigenvalue weighted by atomic mass is 16.6. The lowest BCUT2D eigenvalue weighted by Gasteiger charge is -2.09. The van der Waals surface area contributed by atoms with Crippen molar-refractivity contribution < 1.29 is 19.9 Å². The summed E-state index contributed by atoms with van der Waals surface area (Å²) >= 11 is 0. The Labute approximate surface area is 157 Å². The predicted molar refractivity (Wildman–Crippen MR) is 103 cm³/mol. The molecule has 1 atom stereocenters. The third kappa shape index (κ3) is 6.80. The molecule has 0 spiro atoms. The topological polar surface area (TPSA) is 113 Å². The number of aliphatic hydroxyl groups excluding tert-OH is 2. The number of benzene rings is 2. The lowest BCUT2D eigenvalue weighted by atomic mass is 10.0. The van der Waals surface area contributed by atoms with E-state index in [4.69, 9.17) is 5.11 Å². The van der Waals surface area contributed by atoms with Crippen LogP contribution in [0.25, 0.3) is 0 Å². The maximum Gasteiger partial charge on any atom is 0.292 e. The Kier molecular flexibility index (Phi) is 7.91. The first-order valence-corrected chi connectivity index (χ1v) is 8.89. The minimum atomic E-state index is -0.743. The van der Waals surface area contributed by atoms with Gasteiger partial charge in [-0.1, -0.05) is 30.7 Å². The molecule has 2 aromatic rings. The third-order valence-corrected chi connectivity index (χ3v) is 4.17. The van der Waals surface area contributed by atoms with Crippen LogP contribution in [0.2, 0.25) is 0 Å². The number of anilines is 2. The lowest BCUT2D eigenvalue weighted by molar-refractivity contribution is -0.384. The smallest absolute Gasteiger partial charge is 0.292 e. The Morgan fingerprint density at radius 2 is 1.89 bits per heavy atom. The van der Waals surface area contributed by atoms with E-state index in [-0.39, 0.29) is 24.5 Å². The van der Waals surface area contributed by atoms with E-state index < -0.39 is 11.0 Å². The molecular formula is C20H24N2O5. The van der Waals surface area contributed by atoms with Gasteiger partial charge < -0.3 is 15.5 Å². The van der Waals surface area contributed by atoms with Crippen molar-refractivity contribution >= 4 is 22.8 Å².